The third-order valence-corrected chi connectivity index (χ3v) is 4.15. The average molecular weight is 257 g/mol. The number of hydrogen-bond acceptors (Lipinski definition) is 3. The van der Waals surface area contributed by atoms with Crippen LogP contribution in [0.15, 0.2) is 0 Å². The van der Waals surface area contributed by atoms with E-state index in [1.54, 1.807) is 0 Å². The van der Waals surface area contributed by atoms with Crippen LogP contribution in [0.5, 0.6) is 0 Å². The van der Waals surface area contributed by atoms with Gasteiger partial charge in [-0.1, -0.05) is 27.7 Å². The van der Waals surface area contributed by atoms with Gasteiger partial charge in [0.15, 0.2) is 0 Å². The fraction of sp³-hybridized carbons (Fsp3) is 1.00. The van der Waals surface area contributed by atoms with E-state index in [1.165, 1.54) is 32.6 Å². The van der Waals surface area contributed by atoms with Crippen LogP contribution in [-0.2, 0) is 0 Å². The van der Waals surface area contributed by atoms with Crippen LogP contribution >= 0.6 is 0 Å². The third kappa shape index (κ3) is 6.72. The molecule has 0 aliphatic rings. The summed E-state index contributed by atoms with van der Waals surface area (Å²) in [7, 11) is 2.04. The average Bonchev–Trinajstić information content (AvgIpc) is 2.39. The van der Waals surface area contributed by atoms with Gasteiger partial charge in [-0.15, -0.1) is 0 Å². The Labute approximate surface area is 115 Å². The molecular weight excluding hydrogens is 222 g/mol. The van der Waals surface area contributed by atoms with Gasteiger partial charge in [-0.2, -0.15) is 0 Å². The predicted molar refractivity (Wildman–Crippen MR) is 82.2 cm³/mol. The lowest BCUT2D eigenvalue weighted by molar-refractivity contribution is 0.158. The van der Waals surface area contributed by atoms with Crippen molar-refractivity contribution in [3.63, 3.8) is 0 Å². The van der Waals surface area contributed by atoms with Crippen molar-refractivity contribution < 1.29 is 0 Å². The first-order valence-corrected chi connectivity index (χ1v) is 7.71. The summed E-state index contributed by atoms with van der Waals surface area (Å²) in [6.07, 6.45) is 1.28. The Hall–Kier alpha value is -0.120. The van der Waals surface area contributed by atoms with Crippen molar-refractivity contribution in [3.05, 3.63) is 0 Å². The molecule has 0 saturated heterocycles. The molecule has 0 fully saturated rings. The highest BCUT2D eigenvalue weighted by Gasteiger charge is 2.17. The Kier molecular flexibility index (Phi) is 10.7. The molecule has 0 bridgehead atoms. The van der Waals surface area contributed by atoms with Crippen LogP contribution in [0.3, 0.4) is 0 Å². The fourth-order valence-electron chi connectivity index (χ4n) is 2.54. The van der Waals surface area contributed by atoms with Gasteiger partial charge in [-0.25, -0.2) is 0 Å². The summed E-state index contributed by atoms with van der Waals surface area (Å²) in [5.74, 6) is 0.711. The van der Waals surface area contributed by atoms with Crippen LogP contribution in [0.4, 0.5) is 0 Å². The van der Waals surface area contributed by atoms with E-state index in [0.717, 1.165) is 13.1 Å². The van der Waals surface area contributed by atoms with Crippen molar-refractivity contribution in [2.45, 2.75) is 47.1 Å². The second-order valence-corrected chi connectivity index (χ2v) is 5.28. The highest BCUT2D eigenvalue weighted by atomic mass is 15.2. The summed E-state index contributed by atoms with van der Waals surface area (Å²) in [6.45, 7) is 18.6. The van der Waals surface area contributed by atoms with E-state index in [1.807, 2.05) is 7.05 Å². The molecule has 18 heavy (non-hydrogen) atoms. The second-order valence-electron chi connectivity index (χ2n) is 5.28. The van der Waals surface area contributed by atoms with Crippen molar-refractivity contribution in [2.24, 2.45) is 5.92 Å². The van der Waals surface area contributed by atoms with Gasteiger partial charge in [0.05, 0.1) is 0 Å². The predicted octanol–water partition coefficient (Wildman–Crippen LogP) is 2.28. The van der Waals surface area contributed by atoms with E-state index >= 15 is 0 Å². The highest BCUT2D eigenvalue weighted by Crippen LogP contribution is 2.10. The lowest BCUT2D eigenvalue weighted by Crippen LogP contribution is -2.42. The van der Waals surface area contributed by atoms with Gasteiger partial charge in [0, 0.05) is 6.04 Å². The quantitative estimate of drug-likeness (QED) is 0.613. The van der Waals surface area contributed by atoms with Crippen LogP contribution < -0.4 is 5.32 Å². The first-order valence-electron chi connectivity index (χ1n) is 7.71. The summed E-state index contributed by atoms with van der Waals surface area (Å²) < 4.78 is 0. The lowest BCUT2D eigenvalue weighted by Gasteiger charge is -2.33. The van der Waals surface area contributed by atoms with Crippen LogP contribution in [0.1, 0.15) is 41.0 Å². The molecular formula is C15H35N3. The zero-order chi connectivity index (χ0) is 14.0. The maximum atomic E-state index is 3.29. The van der Waals surface area contributed by atoms with Crippen LogP contribution in [0.2, 0.25) is 0 Å². The monoisotopic (exact) mass is 257 g/mol. The summed E-state index contributed by atoms with van der Waals surface area (Å²) in [5.41, 5.74) is 0. The van der Waals surface area contributed by atoms with E-state index in [9.17, 15) is 0 Å². The summed E-state index contributed by atoms with van der Waals surface area (Å²) in [6, 6.07) is 0.666. The van der Waals surface area contributed by atoms with Gasteiger partial charge in [0.25, 0.3) is 0 Å². The number of nitrogens with zero attached hydrogens (tertiary/aromatic N) is 2. The maximum absolute atomic E-state index is 3.29. The van der Waals surface area contributed by atoms with Gasteiger partial charge in [-0.3, -0.25) is 0 Å². The van der Waals surface area contributed by atoms with E-state index in [0.29, 0.717) is 12.0 Å². The highest BCUT2D eigenvalue weighted by molar-refractivity contribution is 4.73. The molecule has 0 saturated carbocycles. The van der Waals surface area contributed by atoms with E-state index in [2.05, 4.69) is 49.7 Å². The molecule has 0 spiro atoms. The molecule has 3 nitrogen and oxygen atoms in total. The van der Waals surface area contributed by atoms with E-state index in [4.69, 9.17) is 0 Å². The van der Waals surface area contributed by atoms with Crippen LogP contribution in [0, 0.1) is 5.92 Å². The molecule has 0 amide bonds. The van der Waals surface area contributed by atoms with Crippen LogP contribution in [0.25, 0.3) is 0 Å². The van der Waals surface area contributed by atoms with E-state index < -0.39 is 0 Å². The summed E-state index contributed by atoms with van der Waals surface area (Å²) in [4.78, 5) is 5.13. The van der Waals surface area contributed by atoms with Crippen molar-refractivity contribution in [1.82, 2.24) is 15.1 Å². The van der Waals surface area contributed by atoms with Gasteiger partial charge >= 0.3 is 0 Å². The maximum Gasteiger partial charge on any atom is 0.0105 e. The van der Waals surface area contributed by atoms with E-state index in [-0.39, 0.29) is 0 Å². The molecule has 0 aliphatic heterocycles. The topological polar surface area (TPSA) is 18.5 Å². The first-order chi connectivity index (χ1) is 8.60. The molecule has 0 aromatic carbocycles. The van der Waals surface area contributed by atoms with Crippen molar-refractivity contribution in [2.75, 3.05) is 46.3 Å². The molecule has 0 aromatic heterocycles. The molecule has 0 heterocycles. The smallest absolute Gasteiger partial charge is 0.0105 e. The Balaban J connectivity index is 4.02. The van der Waals surface area contributed by atoms with Crippen molar-refractivity contribution in [1.29, 1.82) is 0 Å². The molecule has 1 N–H and O–H groups in total. The largest absolute Gasteiger partial charge is 0.319 e. The Morgan fingerprint density at radius 2 is 1.56 bits per heavy atom. The zero-order valence-corrected chi connectivity index (χ0v) is 13.5. The van der Waals surface area contributed by atoms with Crippen molar-refractivity contribution >= 4 is 0 Å². The molecule has 2 atom stereocenters. The Bertz CT molecular complexity index is 181. The molecule has 0 rings (SSSR count). The van der Waals surface area contributed by atoms with Crippen LogP contribution in [-0.4, -0.2) is 62.2 Å². The molecule has 3 heteroatoms. The van der Waals surface area contributed by atoms with Crippen molar-refractivity contribution in [3.8, 4) is 0 Å². The normalized spacial score (nSPS) is 15.3. The van der Waals surface area contributed by atoms with Gasteiger partial charge in [0.1, 0.15) is 0 Å². The Morgan fingerprint density at radius 3 is 2.00 bits per heavy atom. The van der Waals surface area contributed by atoms with Gasteiger partial charge in [-0.05, 0) is 65.6 Å². The summed E-state index contributed by atoms with van der Waals surface area (Å²) >= 11 is 0. The zero-order valence-electron chi connectivity index (χ0n) is 13.5. The SMILES string of the molecule is CCN(CC)CCCN(CC)C(C)C(C)CNC. The minimum Gasteiger partial charge on any atom is -0.319 e. The minimum absolute atomic E-state index is 0.666. The third-order valence-electron chi connectivity index (χ3n) is 4.15. The number of rotatable bonds is 11. The fourth-order valence-corrected chi connectivity index (χ4v) is 2.54. The number of nitrogens with one attached hydrogen (secondary N) is 1. The molecule has 2 unspecified atom stereocenters. The second kappa shape index (κ2) is 10.8. The lowest BCUT2D eigenvalue weighted by atomic mass is 10.0. The molecule has 110 valence electrons. The Morgan fingerprint density at radius 1 is 0.944 bits per heavy atom. The summed E-state index contributed by atoms with van der Waals surface area (Å²) in [5, 5.41) is 3.29. The first kappa shape index (κ1) is 17.9. The molecule has 0 aliphatic carbocycles. The number of hydrogen-bond donors (Lipinski definition) is 1. The molecule has 0 radical (unpaired) electrons. The van der Waals surface area contributed by atoms with Gasteiger partial charge < -0.3 is 15.1 Å². The molecule has 0 aromatic rings. The standard InChI is InChI=1S/C15H35N3/c1-7-17(8-2)11-10-12-18(9-3)15(5)14(4)13-16-6/h14-16H,7-13H2,1-6H3. The van der Waals surface area contributed by atoms with Gasteiger partial charge in [0.2, 0.25) is 0 Å². The minimum atomic E-state index is 0.666.